The van der Waals surface area contributed by atoms with Crippen molar-refractivity contribution in [2.45, 2.75) is 13.8 Å². The molecule has 0 atom stereocenters. The van der Waals surface area contributed by atoms with Crippen LogP contribution in [0.4, 0.5) is 5.69 Å². The number of phenols is 1. The number of aryl methyl sites for hydroxylation is 1. The molecule has 1 aliphatic heterocycles. The van der Waals surface area contributed by atoms with E-state index < -0.39 is 5.97 Å². The van der Waals surface area contributed by atoms with Gasteiger partial charge >= 0.3 is 5.97 Å². The lowest BCUT2D eigenvalue weighted by molar-refractivity contribution is -0.138. The fourth-order valence-electron chi connectivity index (χ4n) is 2.77. The highest BCUT2D eigenvalue weighted by Crippen LogP contribution is 2.42. The molecule has 0 spiro atoms. The van der Waals surface area contributed by atoms with Gasteiger partial charge < -0.3 is 19.7 Å². The van der Waals surface area contributed by atoms with Crippen LogP contribution in [0.2, 0.25) is 0 Å². The van der Waals surface area contributed by atoms with E-state index in [1.165, 1.54) is 7.11 Å². The molecule has 6 nitrogen and oxygen atoms in total. The predicted octanol–water partition coefficient (Wildman–Crippen LogP) is 4.90. The summed E-state index contributed by atoms with van der Waals surface area (Å²) in [6.07, 6.45) is 1.58. The van der Waals surface area contributed by atoms with Crippen LogP contribution in [0, 0.1) is 6.92 Å². The molecule has 2 N–H and O–H groups in total. The van der Waals surface area contributed by atoms with Gasteiger partial charge in [-0.1, -0.05) is 36.0 Å². The molecule has 0 saturated carbocycles. The van der Waals surface area contributed by atoms with Crippen molar-refractivity contribution in [2.75, 3.05) is 13.7 Å². The molecule has 150 valence electrons. The summed E-state index contributed by atoms with van der Waals surface area (Å²) in [6, 6.07) is 12.5. The molecule has 2 aromatic rings. The van der Waals surface area contributed by atoms with Gasteiger partial charge in [-0.2, -0.15) is 0 Å². The molecule has 1 heterocycles. The normalized spacial score (nSPS) is 16.5. The summed E-state index contributed by atoms with van der Waals surface area (Å²) in [4.78, 5) is 17.4. The second-order valence-corrected chi connectivity index (χ2v) is 7.24. The summed E-state index contributed by atoms with van der Waals surface area (Å²) in [5.41, 5.74) is 2.13. The van der Waals surface area contributed by atoms with Crippen molar-refractivity contribution in [1.29, 1.82) is 0 Å². The summed E-state index contributed by atoms with van der Waals surface area (Å²) in [7, 11) is 1.46. The topological polar surface area (TPSA) is 88.4 Å². The van der Waals surface area contributed by atoms with Crippen LogP contribution in [0.3, 0.4) is 0 Å². The number of thioether (sulfide) groups is 1. The molecular weight excluding hydrogens is 390 g/mol. The van der Waals surface area contributed by atoms with Crippen molar-refractivity contribution in [2.24, 2.45) is 4.99 Å². The van der Waals surface area contributed by atoms with Gasteiger partial charge in [0.2, 0.25) is 0 Å². The van der Waals surface area contributed by atoms with Crippen molar-refractivity contribution < 1.29 is 24.5 Å². The van der Waals surface area contributed by atoms with Gasteiger partial charge in [-0.25, -0.2) is 9.79 Å². The van der Waals surface area contributed by atoms with Crippen LogP contribution in [-0.4, -0.2) is 34.9 Å². The fourth-order valence-corrected chi connectivity index (χ4v) is 3.79. The van der Waals surface area contributed by atoms with E-state index in [2.05, 4.69) is 4.99 Å². The van der Waals surface area contributed by atoms with E-state index >= 15 is 0 Å². The molecule has 0 unspecified atom stereocenters. The number of aliphatic hydroxyl groups excluding tert-OH is 1. The average molecular weight is 411 g/mol. The Bertz CT molecular complexity index is 1040. The second kappa shape index (κ2) is 8.87. The number of methoxy groups -OCH3 is 1. The van der Waals surface area contributed by atoms with Crippen LogP contribution in [-0.2, 0) is 9.53 Å². The zero-order chi connectivity index (χ0) is 21.0. The first-order valence-corrected chi connectivity index (χ1v) is 9.78. The van der Waals surface area contributed by atoms with E-state index in [0.29, 0.717) is 26.9 Å². The number of carbonyl (C=O) groups excluding carboxylic acids is 1. The van der Waals surface area contributed by atoms with Crippen molar-refractivity contribution in [3.8, 4) is 11.5 Å². The maximum absolute atomic E-state index is 12.5. The summed E-state index contributed by atoms with van der Waals surface area (Å²) < 4.78 is 10.2. The third-order valence-electron chi connectivity index (χ3n) is 4.14. The van der Waals surface area contributed by atoms with E-state index in [-0.39, 0.29) is 23.7 Å². The van der Waals surface area contributed by atoms with Crippen molar-refractivity contribution in [3.63, 3.8) is 0 Å². The molecule has 0 fully saturated rings. The molecule has 0 bridgehead atoms. The Hall–Kier alpha value is -3.19. The van der Waals surface area contributed by atoms with Crippen LogP contribution in [0.15, 0.2) is 63.7 Å². The number of aliphatic hydroxyl groups is 1. The number of benzene rings is 2. The number of hydrogen-bond acceptors (Lipinski definition) is 7. The van der Waals surface area contributed by atoms with Crippen LogP contribution >= 0.6 is 11.8 Å². The minimum atomic E-state index is -0.651. The zero-order valence-corrected chi connectivity index (χ0v) is 17.1. The van der Waals surface area contributed by atoms with E-state index in [1.807, 2.05) is 31.2 Å². The largest absolute Gasteiger partial charge is 0.506 e. The van der Waals surface area contributed by atoms with Gasteiger partial charge in [0.05, 0.1) is 24.3 Å². The van der Waals surface area contributed by atoms with Crippen LogP contribution in [0.1, 0.15) is 18.1 Å². The summed E-state index contributed by atoms with van der Waals surface area (Å²) in [5, 5.41) is 21.4. The highest BCUT2D eigenvalue weighted by Gasteiger charge is 2.33. The predicted molar refractivity (Wildman–Crippen MR) is 115 cm³/mol. The van der Waals surface area contributed by atoms with Crippen molar-refractivity contribution >= 4 is 34.5 Å². The highest BCUT2D eigenvalue weighted by molar-refractivity contribution is 8.18. The van der Waals surface area contributed by atoms with Gasteiger partial charge in [-0.3, -0.25) is 0 Å². The Morgan fingerprint density at radius 3 is 2.66 bits per heavy atom. The van der Waals surface area contributed by atoms with Crippen LogP contribution < -0.4 is 4.74 Å². The van der Waals surface area contributed by atoms with Gasteiger partial charge in [-0.05, 0) is 43.7 Å². The standard InChI is InChI=1S/C22H21NO5S/c1-4-28-22(26)18-20(25)17(12-14-8-6-10-16(27-3)19(14)24)29-21(18)23-15-9-5-7-13(2)11-15/h5-12,24-25H,4H2,1-3H3/b17-12+,23-21?. The van der Waals surface area contributed by atoms with Gasteiger partial charge in [0.25, 0.3) is 0 Å². The summed E-state index contributed by atoms with van der Waals surface area (Å²) >= 11 is 1.13. The van der Waals surface area contributed by atoms with Crippen molar-refractivity contribution in [1.82, 2.24) is 0 Å². The van der Waals surface area contributed by atoms with Gasteiger partial charge in [0, 0.05) is 5.56 Å². The van der Waals surface area contributed by atoms with E-state index in [1.54, 1.807) is 31.2 Å². The molecule has 2 aromatic carbocycles. The van der Waals surface area contributed by atoms with Gasteiger partial charge in [-0.15, -0.1) is 0 Å². The maximum atomic E-state index is 12.5. The molecule has 0 aromatic heterocycles. The Labute approximate surface area is 173 Å². The fraction of sp³-hybridized carbons (Fsp3) is 0.182. The minimum Gasteiger partial charge on any atom is -0.506 e. The molecule has 7 heteroatoms. The first kappa shape index (κ1) is 20.5. The van der Waals surface area contributed by atoms with E-state index in [9.17, 15) is 15.0 Å². The minimum absolute atomic E-state index is 0.00647. The van der Waals surface area contributed by atoms with Crippen LogP contribution in [0.5, 0.6) is 11.5 Å². The number of rotatable bonds is 5. The number of carbonyl (C=O) groups is 1. The molecular formula is C22H21NO5S. The van der Waals surface area contributed by atoms with Crippen LogP contribution in [0.25, 0.3) is 6.08 Å². The number of phenolic OH excluding ortho intramolecular Hbond substituents is 1. The molecule has 3 rings (SSSR count). The third-order valence-corrected chi connectivity index (χ3v) is 5.16. The molecule has 0 aliphatic carbocycles. The Morgan fingerprint density at radius 1 is 1.21 bits per heavy atom. The lowest BCUT2D eigenvalue weighted by Gasteiger charge is -2.06. The number of ether oxygens (including phenoxy) is 2. The number of esters is 1. The monoisotopic (exact) mass is 411 g/mol. The average Bonchev–Trinajstić information content (AvgIpc) is 2.98. The first-order chi connectivity index (χ1) is 13.9. The lowest BCUT2D eigenvalue weighted by Crippen LogP contribution is -2.12. The molecule has 1 aliphatic rings. The Balaban J connectivity index is 2.08. The smallest absolute Gasteiger partial charge is 0.344 e. The summed E-state index contributed by atoms with van der Waals surface area (Å²) in [6.45, 7) is 3.82. The first-order valence-electron chi connectivity index (χ1n) is 8.96. The third kappa shape index (κ3) is 4.46. The quantitative estimate of drug-likeness (QED) is 0.680. The number of aromatic hydroxyl groups is 1. The molecule has 0 saturated heterocycles. The van der Waals surface area contributed by atoms with Gasteiger partial charge in [0.15, 0.2) is 11.5 Å². The highest BCUT2D eigenvalue weighted by atomic mass is 32.2. The number of aliphatic imine (C=N–C) groups is 1. The molecule has 0 amide bonds. The SMILES string of the molecule is CCOC(=O)C1=C(O)/C(=C\c2cccc(OC)c2O)SC1=Nc1cccc(C)c1. The maximum Gasteiger partial charge on any atom is 0.344 e. The molecule has 0 radical (unpaired) electrons. The Kier molecular flexibility index (Phi) is 6.29. The number of nitrogens with zero attached hydrogens (tertiary/aromatic N) is 1. The van der Waals surface area contributed by atoms with E-state index in [4.69, 9.17) is 9.47 Å². The summed E-state index contributed by atoms with van der Waals surface area (Å²) in [5.74, 6) is -0.632. The zero-order valence-electron chi connectivity index (χ0n) is 16.3. The second-order valence-electron chi connectivity index (χ2n) is 6.21. The Morgan fingerprint density at radius 2 is 1.97 bits per heavy atom. The van der Waals surface area contributed by atoms with E-state index in [0.717, 1.165) is 17.3 Å². The van der Waals surface area contributed by atoms with Crippen molar-refractivity contribution in [3.05, 3.63) is 69.8 Å². The lowest BCUT2D eigenvalue weighted by atomic mass is 10.1. The number of para-hydroxylation sites is 1. The van der Waals surface area contributed by atoms with Gasteiger partial charge in [0.1, 0.15) is 16.4 Å². The number of hydrogen-bond donors (Lipinski definition) is 2. The molecule has 29 heavy (non-hydrogen) atoms.